The lowest BCUT2D eigenvalue weighted by atomic mass is 10.1. The van der Waals surface area contributed by atoms with Crippen molar-refractivity contribution < 1.29 is 9.59 Å². The number of nitrogens with one attached hydrogen (secondary N) is 1. The van der Waals surface area contributed by atoms with E-state index in [1.54, 1.807) is 12.1 Å². The van der Waals surface area contributed by atoms with E-state index in [0.717, 1.165) is 11.8 Å². The van der Waals surface area contributed by atoms with E-state index in [9.17, 15) is 9.59 Å². The molecule has 0 aliphatic rings. The number of rotatable bonds is 4. The molecule has 78 valence electrons. The minimum absolute atomic E-state index is 0.0454. The van der Waals surface area contributed by atoms with Crippen molar-refractivity contribution in [1.29, 1.82) is 0 Å². The van der Waals surface area contributed by atoms with Gasteiger partial charge in [-0.3, -0.25) is 9.59 Å². The lowest BCUT2D eigenvalue weighted by molar-refractivity contribution is -0.118. The van der Waals surface area contributed by atoms with Crippen molar-refractivity contribution in [2.24, 2.45) is 0 Å². The number of hydrogen-bond donors (Lipinski definition) is 1. The second kappa shape index (κ2) is 5.75. The average molecular weight is 203 g/mol. The Morgan fingerprint density at radius 3 is 2.40 bits per heavy atom. The fraction of sp³-hybridized carbons (Fsp3) is 0.167. The summed E-state index contributed by atoms with van der Waals surface area (Å²) in [4.78, 5) is 20.9. The molecule has 0 atom stereocenters. The number of hydrogen-bond acceptors (Lipinski definition) is 2. The summed E-state index contributed by atoms with van der Waals surface area (Å²) in [6.45, 7) is 2.00. The zero-order chi connectivity index (χ0) is 11.1. The molecule has 1 aromatic carbocycles. The van der Waals surface area contributed by atoms with Crippen LogP contribution >= 0.6 is 0 Å². The maximum Gasteiger partial charge on any atom is 0.217 e. The molecule has 1 rings (SSSR count). The lowest BCUT2D eigenvalue weighted by Gasteiger charge is -1.96. The highest BCUT2D eigenvalue weighted by Gasteiger charge is 1.89. The first-order valence-corrected chi connectivity index (χ1v) is 4.68. The highest BCUT2D eigenvalue weighted by molar-refractivity contribution is 5.75. The van der Waals surface area contributed by atoms with Crippen LogP contribution in [0, 0.1) is 0 Å². The Bertz CT molecular complexity index is 366. The van der Waals surface area contributed by atoms with E-state index in [1.807, 2.05) is 24.3 Å². The fourth-order valence-electron chi connectivity index (χ4n) is 1.08. The molecule has 0 saturated heterocycles. The highest BCUT2D eigenvalue weighted by atomic mass is 16.1. The predicted molar refractivity (Wildman–Crippen MR) is 59.5 cm³/mol. The summed E-state index contributed by atoms with van der Waals surface area (Å²) in [6.07, 6.45) is 4.56. The first-order valence-electron chi connectivity index (χ1n) is 4.68. The normalized spacial score (nSPS) is 10.2. The van der Waals surface area contributed by atoms with Crippen molar-refractivity contribution in [3.63, 3.8) is 0 Å². The van der Waals surface area contributed by atoms with E-state index in [1.165, 1.54) is 6.92 Å². The van der Waals surface area contributed by atoms with Gasteiger partial charge in [-0.15, -0.1) is 0 Å². The van der Waals surface area contributed by atoms with E-state index >= 15 is 0 Å². The molecule has 0 unspecified atom stereocenters. The predicted octanol–water partition coefficient (Wildman–Crippen LogP) is 1.65. The third kappa shape index (κ3) is 4.22. The molecule has 0 heterocycles. The van der Waals surface area contributed by atoms with E-state index in [4.69, 9.17) is 0 Å². The molecule has 0 aromatic heterocycles. The Morgan fingerprint density at radius 2 is 1.87 bits per heavy atom. The zero-order valence-electron chi connectivity index (χ0n) is 8.57. The van der Waals surface area contributed by atoms with E-state index < -0.39 is 0 Å². The summed E-state index contributed by atoms with van der Waals surface area (Å²) in [6, 6.07) is 7.22. The van der Waals surface area contributed by atoms with Crippen LogP contribution in [0.5, 0.6) is 0 Å². The van der Waals surface area contributed by atoms with Crippen LogP contribution in [0.4, 0.5) is 0 Å². The van der Waals surface area contributed by atoms with Gasteiger partial charge in [-0.1, -0.05) is 36.4 Å². The molecule has 0 saturated carbocycles. The number of carbonyl (C=O) groups is 2. The van der Waals surface area contributed by atoms with Crippen LogP contribution in [0.1, 0.15) is 22.8 Å². The van der Waals surface area contributed by atoms with Crippen LogP contribution in [-0.4, -0.2) is 18.7 Å². The van der Waals surface area contributed by atoms with Crippen LogP contribution in [0.3, 0.4) is 0 Å². The van der Waals surface area contributed by atoms with Gasteiger partial charge >= 0.3 is 0 Å². The summed E-state index contributed by atoms with van der Waals surface area (Å²) in [5.74, 6) is -0.0454. The summed E-state index contributed by atoms with van der Waals surface area (Å²) < 4.78 is 0. The van der Waals surface area contributed by atoms with Crippen molar-refractivity contribution in [3.8, 4) is 0 Å². The molecule has 3 nitrogen and oxygen atoms in total. The molecule has 0 spiro atoms. The molecule has 1 aromatic rings. The first-order chi connectivity index (χ1) is 7.22. The Kier molecular flexibility index (Phi) is 4.29. The molecule has 0 aliphatic heterocycles. The Balaban J connectivity index is 2.49. The van der Waals surface area contributed by atoms with Gasteiger partial charge in [0, 0.05) is 19.0 Å². The number of benzene rings is 1. The molecule has 0 aliphatic carbocycles. The second-order valence-electron chi connectivity index (χ2n) is 3.12. The van der Waals surface area contributed by atoms with Crippen molar-refractivity contribution in [2.45, 2.75) is 6.92 Å². The van der Waals surface area contributed by atoms with Gasteiger partial charge in [-0.05, 0) is 5.56 Å². The van der Waals surface area contributed by atoms with Crippen LogP contribution in [-0.2, 0) is 4.79 Å². The van der Waals surface area contributed by atoms with E-state index in [-0.39, 0.29) is 5.91 Å². The third-order valence-electron chi connectivity index (χ3n) is 1.85. The SMILES string of the molecule is CC(=O)NCC=Cc1ccc(C=O)cc1. The van der Waals surface area contributed by atoms with E-state index in [0.29, 0.717) is 12.1 Å². The van der Waals surface area contributed by atoms with Gasteiger partial charge in [0.2, 0.25) is 5.91 Å². The van der Waals surface area contributed by atoms with Gasteiger partial charge in [-0.2, -0.15) is 0 Å². The van der Waals surface area contributed by atoms with Gasteiger partial charge in [0.1, 0.15) is 6.29 Å². The highest BCUT2D eigenvalue weighted by Crippen LogP contribution is 2.03. The molecular formula is C12H13NO2. The number of aldehydes is 1. The van der Waals surface area contributed by atoms with Crippen molar-refractivity contribution >= 4 is 18.3 Å². The van der Waals surface area contributed by atoms with Crippen molar-refractivity contribution in [1.82, 2.24) is 5.32 Å². The van der Waals surface area contributed by atoms with Crippen LogP contribution in [0.15, 0.2) is 30.3 Å². The van der Waals surface area contributed by atoms with Gasteiger partial charge in [0.15, 0.2) is 0 Å². The van der Waals surface area contributed by atoms with Crippen molar-refractivity contribution in [2.75, 3.05) is 6.54 Å². The molecule has 15 heavy (non-hydrogen) atoms. The molecule has 0 fully saturated rings. The van der Waals surface area contributed by atoms with Gasteiger partial charge < -0.3 is 5.32 Å². The van der Waals surface area contributed by atoms with Gasteiger partial charge in [0.05, 0.1) is 0 Å². The standard InChI is InChI=1S/C12H13NO2/c1-10(15)13-8-2-3-11-4-6-12(9-14)7-5-11/h2-7,9H,8H2,1H3,(H,13,15). The zero-order valence-corrected chi connectivity index (χ0v) is 8.57. The largest absolute Gasteiger partial charge is 0.353 e. The van der Waals surface area contributed by atoms with Gasteiger partial charge in [0.25, 0.3) is 0 Å². The number of carbonyl (C=O) groups excluding carboxylic acids is 2. The minimum Gasteiger partial charge on any atom is -0.353 e. The topological polar surface area (TPSA) is 46.2 Å². The third-order valence-corrected chi connectivity index (χ3v) is 1.85. The average Bonchev–Trinajstić information content (AvgIpc) is 2.25. The number of amides is 1. The quantitative estimate of drug-likeness (QED) is 0.756. The summed E-state index contributed by atoms with van der Waals surface area (Å²) in [7, 11) is 0. The molecule has 0 bridgehead atoms. The summed E-state index contributed by atoms with van der Waals surface area (Å²) in [5, 5.41) is 2.66. The van der Waals surface area contributed by atoms with Crippen molar-refractivity contribution in [3.05, 3.63) is 41.5 Å². The van der Waals surface area contributed by atoms with Crippen LogP contribution in [0.25, 0.3) is 6.08 Å². The Morgan fingerprint density at radius 1 is 1.27 bits per heavy atom. The molecule has 3 heteroatoms. The molecule has 1 amide bonds. The van der Waals surface area contributed by atoms with Crippen LogP contribution < -0.4 is 5.32 Å². The Hall–Kier alpha value is -1.90. The van der Waals surface area contributed by atoms with E-state index in [2.05, 4.69) is 5.32 Å². The van der Waals surface area contributed by atoms with Crippen LogP contribution in [0.2, 0.25) is 0 Å². The fourth-order valence-corrected chi connectivity index (χ4v) is 1.08. The molecule has 0 radical (unpaired) electrons. The second-order valence-corrected chi connectivity index (χ2v) is 3.12. The summed E-state index contributed by atoms with van der Waals surface area (Å²) >= 11 is 0. The summed E-state index contributed by atoms with van der Waals surface area (Å²) in [5.41, 5.74) is 1.67. The Labute approximate surface area is 88.8 Å². The first kappa shape index (κ1) is 11.2. The monoisotopic (exact) mass is 203 g/mol. The lowest BCUT2D eigenvalue weighted by Crippen LogP contribution is -2.19. The molecule has 1 N–H and O–H groups in total. The molecular weight excluding hydrogens is 190 g/mol. The minimum atomic E-state index is -0.0454. The van der Waals surface area contributed by atoms with Gasteiger partial charge in [-0.25, -0.2) is 0 Å². The maximum atomic E-state index is 10.6. The maximum absolute atomic E-state index is 10.6. The smallest absolute Gasteiger partial charge is 0.217 e.